The van der Waals surface area contributed by atoms with E-state index in [9.17, 15) is 5.11 Å². The predicted molar refractivity (Wildman–Crippen MR) is 68.8 cm³/mol. The maximum atomic E-state index is 9.71. The molecule has 2 rings (SSSR count). The molecule has 0 unspecified atom stereocenters. The summed E-state index contributed by atoms with van der Waals surface area (Å²) in [6.07, 6.45) is 1.71. The van der Waals surface area contributed by atoms with Gasteiger partial charge in [0, 0.05) is 15.2 Å². The molecule has 0 spiro atoms. The summed E-state index contributed by atoms with van der Waals surface area (Å²) in [5.74, 6) is 0.275. The molecule has 0 aliphatic rings. The third-order valence-electron chi connectivity index (χ3n) is 1.78. The molecule has 2 nitrogen and oxygen atoms in total. The number of rotatable bonds is 0. The van der Waals surface area contributed by atoms with Crippen molar-refractivity contribution < 1.29 is 5.11 Å². The van der Waals surface area contributed by atoms with Gasteiger partial charge in [-0.05, 0) is 57.3 Å². The second-order valence-electron chi connectivity index (χ2n) is 2.58. The van der Waals surface area contributed by atoms with Crippen LogP contribution in [0.3, 0.4) is 0 Å². The highest BCUT2D eigenvalue weighted by atomic mass is 127. The summed E-state index contributed by atoms with van der Waals surface area (Å²) in [4.78, 5) is 4.14. The zero-order valence-corrected chi connectivity index (χ0v) is 10.8. The normalized spacial score (nSPS) is 10.6. The molecule has 0 atom stereocenters. The molecule has 1 aromatic heterocycles. The fourth-order valence-corrected chi connectivity index (χ4v) is 2.18. The van der Waals surface area contributed by atoms with Gasteiger partial charge in [-0.1, -0.05) is 6.07 Å². The Kier molecular flexibility index (Phi) is 2.59. The molecule has 1 heterocycles. The summed E-state index contributed by atoms with van der Waals surface area (Å²) in [6, 6.07) is 5.79. The van der Waals surface area contributed by atoms with Crippen molar-refractivity contribution in [3.05, 3.63) is 31.5 Å². The second kappa shape index (κ2) is 3.56. The summed E-state index contributed by atoms with van der Waals surface area (Å²) in [5, 5.41) is 10.7. The van der Waals surface area contributed by atoms with Crippen LogP contribution in [0, 0.1) is 7.14 Å². The second-order valence-corrected chi connectivity index (χ2v) is 4.91. The lowest BCUT2D eigenvalue weighted by Crippen LogP contribution is -1.84. The van der Waals surface area contributed by atoms with E-state index in [1.807, 2.05) is 18.2 Å². The largest absolute Gasteiger partial charge is 0.505 e. The van der Waals surface area contributed by atoms with Gasteiger partial charge in [0.1, 0.15) is 5.52 Å². The van der Waals surface area contributed by atoms with Crippen LogP contribution >= 0.6 is 45.2 Å². The topological polar surface area (TPSA) is 33.1 Å². The minimum Gasteiger partial charge on any atom is -0.505 e. The molecule has 0 aliphatic carbocycles. The van der Waals surface area contributed by atoms with Crippen molar-refractivity contribution in [2.45, 2.75) is 0 Å². The fourth-order valence-electron chi connectivity index (χ4n) is 1.15. The standard InChI is InChI=1S/C9H5I2NO/c10-6-3-4-12-8-5(6)1-2-7(11)9(8)13/h1-4,13H. The van der Waals surface area contributed by atoms with Gasteiger partial charge in [0.05, 0.1) is 3.57 Å². The van der Waals surface area contributed by atoms with Gasteiger partial charge < -0.3 is 5.11 Å². The first-order chi connectivity index (χ1) is 6.20. The average molecular weight is 397 g/mol. The van der Waals surface area contributed by atoms with Gasteiger partial charge in [0.2, 0.25) is 0 Å². The Labute approximate surface area is 103 Å². The molecule has 0 radical (unpaired) electrons. The van der Waals surface area contributed by atoms with Crippen LogP contribution in [0.1, 0.15) is 0 Å². The highest BCUT2D eigenvalue weighted by Crippen LogP contribution is 2.30. The number of hydrogen-bond donors (Lipinski definition) is 1. The number of benzene rings is 1. The lowest BCUT2D eigenvalue weighted by Gasteiger charge is -2.03. The van der Waals surface area contributed by atoms with Crippen LogP contribution in [0.15, 0.2) is 24.4 Å². The van der Waals surface area contributed by atoms with Crippen LogP contribution in [0.25, 0.3) is 10.9 Å². The van der Waals surface area contributed by atoms with E-state index in [0.717, 1.165) is 12.5 Å². The van der Waals surface area contributed by atoms with Crippen LogP contribution in [0.5, 0.6) is 5.75 Å². The summed E-state index contributed by atoms with van der Waals surface area (Å²) in [6.45, 7) is 0. The molecule has 4 heteroatoms. The third-order valence-corrected chi connectivity index (χ3v) is 3.59. The lowest BCUT2D eigenvalue weighted by molar-refractivity contribution is 0.476. The number of aromatic nitrogens is 1. The molecule has 0 bridgehead atoms. The van der Waals surface area contributed by atoms with Crippen molar-refractivity contribution in [1.82, 2.24) is 4.98 Å². The van der Waals surface area contributed by atoms with Gasteiger partial charge in [-0.3, -0.25) is 4.98 Å². The van der Waals surface area contributed by atoms with Crippen LogP contribution in [0.4, 0.5) is 0 Å². The van der Waals surface area contributed by atoms with Crippen molar-refractivity contribution in [3.63, 3.8) is 0 Å². The maximum Gasteiger partial charge on any atom is 0.155 e. The highest BCUT2D eigenvalue weighted by Gasteiger charge is 2.06. The molecular weight excluding hydrogens is 392 g/mol. The van der Waals surface area contributed by atoms with Crippen LogP contribution in [-0.2, 0) is 0 Å². The summed E-state index contributed by atoms with van der Waals surface area (Å²) in [5.41, 5.74) is 0.679. The fraction of sp³-hybridized carbons (Fsp3) is 0. The molecule has 0 aliphatic heterocycles. The van der Waals surface area contributed by atoms with E-state index in [-0.39, 0.29) is 5.75 Å². The van der Waals surface area contributed by atoms with E-state index in [1.165, 1.54) is 0 Å². The van der Waals surface area contributed by atoms with Crippen LogP contribution in [0.2, 0.25) is 0 Å². The molecule has 0 saturated heterocycles. The quantitative estimate of drug-likeness (QED) is 0.694. The first-order valence-corrected chi connectivity index (χ1v) is 5.77. The number of hydrogen-bond acceptors (Lipinski definition) is 2. The smallest absolute Gasteiger partial charge is 0.155 e. The van der Waals surface area contributed by atoms with Crippen molar-refractivity contribution in [1.29, 1.82) is 0 Å². The van der Waals surface area contributed by atoms with Crippen LogP contribution < -0.4 is 0 Å². The average Bonchev–Trinajstić information content (AvgIpc) is 2.12. The zero-order valence-electron chi connectivity index (χ0n) is 6.46. The predicted octanol–water partition coefficient (Wildman–Crippen LogP) is 3.15. The first kappa shape index (κ1) is 9.45. The molecule has 0 amide bonds. The van der Waals surface area contributed by atoms with Crippen LogP contribution in [-0.4, -0.2) is 10.1 Å². The molecule has 2 aromatic rings. The molecule has 0 fully saturated rings. The van der Waals surface area contributed by atoms with Gasteiger partial charge in [0.25, 0.3) is 0 Å². The molecule has 0 saturated carbocycles. The monoisotopic (exact) mass is 397 g/mol. The lowest BCUT2D eigenvalue weighted by atomic mass is 10.2. The van der Waals surface area contributed by atoms with Gasteiger partial charge in [-0.15, -0.1) is 0 Å². The van der Waals surface area contributed by atoms with Gasteiger partial charge in [-0.25, -0.2) is 0 Å². The van der Waals surface area contributed by atoms with E-state index >= 15 is 0 Å². The van der Waals surface area contributed by atoms with Gasteiger partial charge >= 0.3 is 0 Å². The minimum atomic E-state index is 0.275. The number of fused-ring (bicyclic) bond motifs is 1. The van der Waals surface area contributed by atoms with E-state index in [0.29, 0.717) is 5.52 Å². The number of pyridine rings is 1. The van der Waals surface area contributed by atoms with E-state index < -0.39 is 0 Å². The molecule has 66 valence electrons. The minimum absolute atomic E-state index is 0.275. The summed E-state index contributed by atoms with van der Waals surface area (Å²) < 4.78 is 1.94. The summed E-state index contributed by atoms with van der Waals surface area (Å²) >= 11 is 4.32. The molecule has 1 aromatic carbocycles. The SMILES string of the molecule is Oc1c(I)ccc2c(I)ccnc12. The number of halogens is 2. The third kappa shape index (κ3) is 1.61. The number of nitrogens with zero attached hydrogens (tertiary/aromatic N) is 1. The van der Waals surface area contributed by atoms with Crippen molar-refractivity contribution in [3.8, 4) is 5.75 Å². The van der Waals surface area contributed by atoms with E-state index in [1.54, 1.807) is 6.20 Å². The van der Waals surface area contributed by atoms with Crippen molar-refractivity contribution >= 4 is 56.1 Å². The van der Waals surface area contributed by atoms with E-state index in [2.05, 4.69) is 50.2 Å². The highest BCUT2D eigenvalue weighted by molar-refractivity contribution is 14.1. The Hall–Kier alpha value is -0.110. The maximum absolute atomic E-state index is 9.71. The molecular formula is C9H5I2NO. The molecule has 1 N–H and O–H groups in total. The van der Waals surface area contributed by atoms with Gasteiger partial charge in [-0.2, -0.15) is 0 Å². The summed E-state index contributed by atoms with van der Waals surface area (Å²) in [7, 11) is 0. The first-order valence-electron chi connectivity index (χ1n) is 3.62. The Morgan fingerprint density at radius 1 is 1.08 bits per heavy atom. The Morgan fingerprint density at radius 2 is 1.85 bits per heavy atom. The zero-order chi connectivity index (χ0) is 9.42. The number of phenolic OH excluding ortho intramolecular Hbond substituents is 1. The van der Waals surface area contributed by atoms with E-state index in [4.69, 9.17) is 0 Å². The number of phenols is 1. The Morgan fingerprint density at radius 3 is 2.62 bits per heavy atom. The van der Waals surface area contributed by atoms with Gasteiger partial charge in [0.15, 0.2) is 5.75 Å². The van der Waals surface area contributed by atoms with Crippen molar-refractivity contribution in [2.75, 3.05) is 0 Å². The van der Waals surface area contributed by atoms with Crippen molar-refractivity contribution in [2.24, 2.45) is 0 Å². The molecule has 13 heavy (non-hydrogen) atoms. The Balaban J connectivity index is 2.94. The Bertz CT molecular complexity index is 470. The number of aromatic hydroxyl groups is 1.